The fourth-order valence-electron chi connectivity index (χ4n) is 3.36. The van der Waals surface area contributed by atoms with Gasteiger partial charge in [-0.25, -0.2) is 9.97 Å². The molecule has 1 unspecified atom stereocenters. The van der Waals surface area contributed by atoms with Crippen LogP contribution in [0.1, 0.15) is 31.5 Å². The summed E-state index contributed by atoms with van der Waals surface area (Å²) in [5.41, 5.74) is 1.37. The van der Waals surface area contributed by atoms with Gasteiger partial charge in [0.15, 0.2) is 0 Å². The van der Waals surface area contributed by atoms with Gasteiger partial charge in [0.1, 0.15) is 5.60 Å². The third-order valence-electron chi connectivity index (χ3n) is 5.57. The SMILES string of the molecule is CCC(C)(OC)C(=O)N1CCc2nc(N3CCN(C)CC3)ncc2C1. The van der Waals surface area contributed by atoms with Gasteiger partial charge < -0.3 is 19.4 Å². The van der Waals surface area contributed by atoms with Crippen molar-refractivity contribution in [3.8, 4) is 0 Å². The number of hydrogen-bond donors (Lipinski definition) is 0. The van der Waals surface area contributed by atoms with Gasteiger partial charge in [-0.3, -0.25) is 4.79 Å². The molecule has 0 spiro atoms. The van der Waals surface area contributed by atoms with E-state index < -0.39 is 5.60 Å². The normalized spacial score (nSPS) is 21.0. The van der Waals surface area contributed by atoms with E-state index in [1.165, 1.54) is 0 Å². The van der Waals surface area contributed by atoms with Crippen LogP contribution in [-0.2, 0) is 22.5 Å². The highest BCUT2D eigenvalue weighted by molar-refractivity contribution is 5.85. The number of amides is 1. The van der Waals surface area contributed by atoms with Gasteiger partial charge >= 0.3 is 0 Å². The number of fused-ring (bicyclic) bond motifs is 1. The lowest BCUT2D eigenvalue weighted by atomic mass is 9.99. The molecule has 1 amide bonds. The first-order valence-corrected chi connectivity index (χ1v) is 9.09. The van der Waals surface area contributed by atoms with E-state index >= 15 is 0 Å². The number of anilines is 1. The highest BCUT2D eigenvalue weighted by Crippen LogP contribution is 2.24. The topological polar surface area (TPSA) is 61.8 Å². The van der Waals surface area contributed by atoms with Crippen LogP contribution in [0.4, 0.5) is 5.95 Å². The van der Waals surface area contributed by atoms with Crippen LogP contribution in [0.2, 0.25) is 0 Å². The number of piperazine rings is 1. The van der Waals surface area contributed by atoms with Crippen molar-refractivity contribution >= 4 is 11.9 Å². The minimum absolute atomic E-state index is 0.0475. The quantitative estimate of drug-likeness (QED) is 0.807. The molecule has 3 heterocycles. The maximum Gasteiger partial charge on any atom is 0.254 e. The molecule has 7 nitrogen and oxygen atoms in total. The Morgan fingerprint density at radius 2 is 2.00 bits per heavy atom. The zero-order valence-corrected chi connectivity index (χ0v) is 15.8. The molecular weight excluding hydrogens is 318 g/mol. The van der Waals surface area contributed by atoms with Gasteiger partial charge in [-0.15, -0.1) is 0 Å². The highest BCUT2D eigenvalue weighted by Gasteiger charge is 2.36. The second kappa shape index (κ2) is 7.25. The average Bonchev–Trinajstić information content (AvgIpc) is 2.66. The first-order valence-electron chi connectivity index (χ1n) is 9.09. The Hall–Kier alpha value is -1.73. The summed E-state index contributed by atoms with van der Waals surface area (Å²) in [4.78, 5) is 28.6. The molecule has 1 aromatic rings. The van der Waals surface area contributed by atoms with Gasteiger partial charge in [-0.1, -0.05) is 6.92 Å². The average molecular weight is 347 g/mol. The molecule has 138 valence electrons. The predicted octanol–water partition coefficient (Wildman–Crippen LogP) is 0.928. The molecule has 25 heavy (non-hydrogen) atoms. The summed E-state index contributed by atoms with van der Waals surface area (Å²) in [6.45, 7) is 9.08. The van der Waals surface area contributed by atoms with E-state index in [-0.39, 0.29) is 5.91 Å². The Kier molecular flexibility index (Phi) is 5.24. The number of aromatic nitrogens is 2. The molecule has 2 aliphatic rings. The molecule has 0 aliphatic carbocycles. The van der Waals surface area contributed by atoms with E-state index in [9.17, 15) is 4.79 Å². The molecule has 0 N–H and O–H groups in total. The van der Waals surface area contributed by atoms with E-state index in [0.29, 0.717) is 19.5 Å². The minimum atomic E-state index is -0.752. The lowest BCUT2D eigenvalue weighted by molar-refractivity contribution is -0.154. The first-order chi connectivity index (χ1) is 12.0. The number of nitrogens with zero attached hydrogens (tertiary/aromatic N) is 5. The van der Waals surface area contributed by atoms with Crippen molar-refractivity contribution in [2.75, 3.05) is 51.8 Å². The molecule has 0 bridgehead atoms. The highest BCUT2D eigenvalue weighted by atomic mass is 16.5. The van der Waals surface area contributed by atoms with E-state index in [1.54, 1.807) is 7.11 Å². The lowest BCUT2D eigenvalue weighted by Crippen LogP contribution is -2.49. The number of ether oxygens (including phenoxy) is 1. The minimum Gasteiger partial charge on any atom is -0.369 e. The van der Waals surface area contributed by atoms with Crippen molar-refractivity contribution in [1.29, 1.82) is 0 Å². The monoisotopic (exact) mass is 347 g/mol. The lowest BCUT2D eigenvalue weighted by Gasteiger charge is -2.36. The summed E-state index contributed by atoms with van der Waals surface area (Å²) in [6.07, 6.45) is 3.32. The number of likely N-dealkylation sites (N-methyl/N-ethyl adjacent to an activating group) is 1. The van der Waals surface area contributed by atoms with Crippen molar-refractivity contribution in [1.82, 2.24) is 19.8 Å². The molecular formula is C18H29N5O2. The van der Waals surface area contributed by atoms with Crippen LogP contribution in [-0.4, -0.2) is 78.2 Å². The molecule has 3 rings (SSSR count). The smallest absolute Gasteiger partial charge is 0.254 e. The standard InChI is InChI=1S/C18H29N5O2/c1-5-18(2,25-4)16(24)23-7-6-15-14(13-23)12-19-17(20-15)22-10-8-21(3)9-11-22/h12H,5-11,13H2,1-4H3. The number of carbonyl (C=O) groups is 1. The van der Waals surface area contributed by atoms with Crippen molar-refractivity contribution in [3.63, 3.8) is 0 Å². The van der Waals surface area contributed by atoms with Gasteiger partial charge in [0, 0.05) is 64.6 Å². The fraction of sp³-hybridized carbons (Fsp3) is 0.722. The Morgan fingerprint density at radius 3 is 2.64 bits per heavy atom. The van der Waals surface area contributed by atoms with Crippen molar-refractivity contribution in [2.45, 2.75) is 38.8 Å². The van der Waals surface area contributed by atoms with Crippen LogP contribution in [0.5, 0.6) is 0 Å². The van der Waals surface area contributed by atoms with Crippen molar-refractivity contribution in [2.24, 2.45) is 0 Å². The van der Waals surface area contributed by atoms with Gasteiger partial charge in [0.2, 0.25) is 5.95 Å². The Balaban J connectivity index is 1.72. The number of hydrogen-bond acceptors (Lipinski definition) is 6. The molecule has 0 aromatic carbocycles. The third-order valence-corrected chi connectivity index (χ3v) is 5.57. The predicted molar refractivity (Wildman–Crippen MR) is 96.6 cm³/mol. The molecule has 1 aromatic heterocycles. The van der Waals surface area contributed by atoms with E-state index in [4.69, 9.17) is 9.72 Å². The zero-order chi connectivity index (χ0) is 18.0. The number of methoxy groups -OCH3 is 1. The first kappa shape index (κ1) is 18.1. The Labute approximate surface area is 150 Å². The van der Waals surface area contributed by atoms with E-state index in [0.717, 1.165) is 49.8 Å². The van der Waals surface area contributed by atoms with Crippen LogP contribution in [0.25, 0.3) is 0 Å². The van der Waals surface area contributed by atoms with Crippen LogP contribution in [0.15, 0.2) is 6.20 Å². The van der Waals surface area contributed by atoms with Crippen LogP contribution in [0, 0.1) is 0 Å². The molecule has 7 heteroatoms. The largest absolute Gasteiger partial charge is 0.369 e. The van der Waals surface area contributed by atoms with Gasteiger partial charge in [-0.2, -0.15) is 0 Å². The summed E-state index contributed by atoms with van der Waals surface area (Å²) in [5.74, 6) is 0.869. The summed E-state index contributed by atoms with van der Waals surface area (Å²) in [6, 6.07) is 0. The molecule has 1 fully saturated rings. The van der Waals surface area contributed by atoms with Crippen molar-refractivity contribution < 1.29 is 9.53 Å². The summed E-state index contributed by atoms with van der Waals surface area (Å²) in [5, 5.41) is 0. The molecule has 1 saturated heterocycles. The fourth-order valence-corrected chi connectivity index (χ4v) is 3.36. The molecule has 0 saturated carbocycles. The Morgan fingerprint density at radius 1 is 1.28 bits per heavy atom. The van der Waals surface area contributed by atoms with Gasteiger partial charge in [0.25, 0.3) is 5.91 Å². The zero-order valence-electron chi connectivity index (χ0n) is 15.8. The van der Waals surface area contributed by atoms with Crippen molar-refractivity contribution in [3.05, 3.63) is 17.5 Å². The number of carbonyl (C=O) groups excluding carboxylic acids is 1. The maximum atomic E-state index is 12.8. The van der Waals surface area contributed by atoms with Gasteiger partial charge in [-0.05, 0) is 20.4 Å². The Bertz CT molecular complexity index is 624. The molecule has 2 aliphatic heterocycles. The van der Waals surface area contributed by atoms with E-state index in [2.05, 4.69) is 21.8 Å². The second-order valence-electron chi connectivity index (χ2n) is 7.20. The second-order valence-corrected chi connectivity index (χ2v) is 7.20. The van der Waals surface area contributed by atoms with Crippen LogP contribution >= 0.6 is 0 Å². The van der Waals surface area contributed by atoms with Gasteiger partial charge in [0.05, 0.1) is 5.69 Å². The summed E-state index contributed by atoms with van der Waals surface area (Å²) < 4.78 is 5.46. The summed E-state index contributed by atoms with van der Waals surface area (Å²) in [7, 11) is 3.74. The maximum absolute atomic E-state index is 12.8. The third kappa shape index (κ3) is 3.62. The summed E-state index contributed by atoms with van der Waals surface area (Å²) >= 11 is 0. The molecule has 0 radical (unpaired) electrons. The van der Waals surface area contributed by atoms with Crippen LogP contribution < -0.4 is 4.90 Å². The van der Waals surface area contributed by atoms with E-state index in [1.807, 2.05) is 24.9 Å². The number of rotatable bonds is 4. The van der Waals surface area contributed by atoms with Crippen LogP contribution in [0.3, 0.4) is 0 Å². The molecule has 1 atom stereocenters.